The number of allylic oxidation sites excluding steroid dienone is 2. The zero-order valence-corrected chi connectivity index (χ0v) is 8.21. The maximum Gasteiger partial charge on any atom is 0.0589 e. The van der Waals surface area contributed by atoms with E-state index in [0.717, 1.165) is 13.0 Å². The zero-order valence-electron chi connectivity index (χ0n) is 8.21. The van der Waals surface area contributed by atoms with Crippen LogP contribution in [-0.2, 0) is 0 Å². The Balaban J connectivity index is 3.77. The van der Waals surface area contributed by atoms with Gasteiger partial charge in [0.05, 0.1) is 6.54 Å². The molecule has 0 heterocycles. The van der Waals surface area contributed by atoms with Crippen molar-refractivity contribution in [3.05, 3.63) is 24.3 Å². The Labute approximate surface area is 75.9 Å². The summed E-state index contributed by atoms with van der Waals surface area (Å²) in [6.07, 6.45) is 6.49. The van der Waals surface area contributed by atoms with Gasteiger partial charge in [-0.3, -0.25) is 4.99 Å². The molecule has 1 unspecified atom stereocenters. The van der Waals surface area contributed by atoms with E-state index in [1.165, 1.54) is 12.0 Å². The normalized spacial score (nSPS) is 14.0. The van der Waals surface area contributed by atoms with Crippen LogP contribution in [0.15, 0.2) is 29.3 Å². The van der Waals surface area contributed by atoms with Crippen LogP contribution in [0.2, 0.25) is 0 Å². The Morgan fingerprint density at radius 3 is 2.75 bits per heavy atom. The van der Waals surface area contributed by atoms with Gasteiger partial charge in [0.1, 0.15) is 0 Å². The first kappa shape index (κ1) is 11.2. The fourth-order valence-corrected chi connectivity index (χ4v) is 1.18. The largest absolute Gasteiger partial charge is 0.297 e. The molecule has 0 aromatic heterocycles. The molecule has 0 aromatic rings. The zero-order chi connectivity index (χ0) is 9.40. The summed E-state index contributed by atoms with van der Waals surface area (Å²) in [6, 6.07) is 0. The van der Waals surface area contributed by atoms with Crippen molar-refractivity contribution in [2.24, 2.45) is 10.9 Å². The quantitative estimate of drug-likeness (QED) is 0.423. The summed E-state index contributed by atoms with van der Waals surface area (Å²) >= 11 is 0. The van der Waals surface area contributed by atoms with Gasteiger partial charge in [-0.2, -0.15) is 0 Å². The summed E-state index contributed by atoms with van der Waals surface area (Å²) in [5, 5.41) is 0. The lowest BCUT2D eigenvalue weighted by Crippen LogP contribution is -1.92. The minimum atomic E-state index is 0.629. The highest BCUT2D eigenvalue weighted by molar-refractivity contribution is 5.24. The van der Waals surface area contributed by atoms with E-state index < -0.39 is 0 Å². The van der Waals surface area contributed by atoms with E-state index in [4.69, 9.17) is 0 Å². The SMILES string of the molecule is C=CCCC(C)/C=C(\C)CN=C. The second-order valence-corrected chi connectivity index (χ2v) is 3.24. The van der Waals surface area contributed by atoms with E-state index in [1.54, 1.807) is 0 Å². The van der Waals surface area contributed by atoms with E-state index >= 15 is 0 Å². The van der Waals surface area contributed by atoms with E-state index in [9.17, 15) is 0 Å². The molecule has 0 rings (SSSR count). The van der Waals surface area contributed by atoms with E-state index in [0.29, 0.717) is 5.92 Å². The minimum absolute atomic E-state index is 0.629. The van der Waals surface area contributed by atoms with Crippen LogP contribution < -0.4 is 0 Å². The Bertz CT molecular complexity index is 168. The van der Waals surface area contributed by atoms with Gasteiger partial charge in [0.15, 0.2) is 0 Å². The number of aliphatic imine (C=N–C) groups is 1. The molecule has 0 aromatic carbocycles. The van der Waals surface area contributed by atoms with Crippen LogP contribution in [0.1, 0.15) is 26.7 Å². The van der Waals surface area contributed by atoms with Gasteiger partial charge in [-0.15, -0.1) is 6.58 Å². The molecular formula is C11H19N. The highest BCUT2D eigenvalue weighted by atomic mass is 14.7. The molecular weight excluding hydrogens is 146 g/mol. The second kappa shape index (κ2) is 6.84. The van der Waals surface area contributed by atoms with Crippen molar-refractivity contribution in [1.82, 2.24) is 0 Å². The molecule has 0 amide bonds. The van der Waals surface area contributed by atoms with Crippen LogP contribution in [0.3, 0.4) is 0 Å². The minimum Gasteiger partial charge on any atom is -0.297 e. The van der Waals surface area contributed by atoms with Gasteiger partial charge < -0.3 is 0 Å². The van der Waals surface area contributed by atoms with Crippen molar-refractivity contribution in [2.75, 3.05) is 6.54 Å². The van der Waals surface area contributed by atoms with Crippen LogP contribution in [0.25, 0.3) is 0 Å². The molecule has 1 atom stereocenters. The van der Waals surface area contributed by atoms with E-state index in [2.05, 4.69) is 38.2 Å². The van der Waals surface area contributed by atoms with Crippen molar-refractivity contribution in [1.29, 1.82) is 0 Å². The third kappa shape index (κ3) is 5.90. The highest BCUT2D eigenvalue weighted by Crippen LogP contribution is 2.10. The summed E-state index contributed by atoms with van der Waals surface area (Å²) in [5.74, 6) is 0.629. The number of nitrogens with zero attached hydrogens (tertiary/aromatic N) is 1. The maximum atomic E-state index is 3.83. The Morgan fingerprint density at radius 1 is 1.58 bits per heavy atom. The molecule has 0 aliphatic carbocycles. The monoisotopic (exact) mass is 165 g/mol. The molecule has 1 nitrogen and oxygen atoms in total. The van der Waals surface area contributed by atoms with Gasteiger partial charge in [0, 0.05) is 0 Å². The molecule has 0 aliphatic rings. The van der Waals surface area contributed by atoms with Crippen molar-refractivity contribution in [3.63, 3.8) is 0 Å². The van der Waals surface area contributed by atoms with Gasteiger partial charge >= 0.3 is 0 Å². The summed E-state index contributed by atoms with van der Waals surface area (Å²) in [5.41, 5.74) is 1.31. The van der Waals surface area contributed by atoms with Crippen LogP contribution in [0, 0.1) is 5.92 Å². The molecule has 68 valence electrons. The Morgan fingerprint density at radius 2 is 2.25 bits per heavy atom. The molecule has 0 spiro atoms. The third-order valence-electron chi connectivity index (χ3n) is 1.76. The molecule has 0 aliphatic heterocycles. The standard InChI is InChI=1S/C11H19N/c1-5-6-7-10(2)8-11(3)9-12-4/h5,8,10H,1,4,6-7,9H2,2-3H3/b11-8+. The average Bonchev–Trinajstić information content (AvgIpc) is 2.01. The van der Waals surface area contributed by atoms with Gasteiger partial charge in [-0.25, -0.2) is 0 Å². The molecule has 0 fully saturated rings. The van der Waals surface area contributed by atoms with Gasteiger partial charge in [0.25, 0.3) is 0 Å². The molecule has 0 N–H and O–H groups in total. The first-order valence-corrected chi connectivity index (χ1v) is 4.41. The molecule has 0 bridgehead atoms. The number of hydrogen-bond acceptors (Lipinski definition) is 1. The van der Waals surface area contributed by atoms with Crippen molar-refractivity contribution in [3.8, 4) is 0 Å². The molecule has 0 saturated heterocycles. The predicted molar refractivity (Wildman–Crippen MR) is 56.8 cm³/mol. The van der Waals surface area contributed by atoms with Crippen LogP contribution in [-0.4, -0.2) is 13.3 Å². The average molecular weight is 165 g/mol. The van der Waals surface area contributed by atoms with Crippen molar-refractivity contribution < 1.29 is 0 Å². The van der Waals surface area contributed by atoms with Crippen molar-refractivity contribution >= 4 is 6.72 Å². The Kier molecular flexibility index (Phi) is 6.35. The lowest BCUT2D eigenvalue weighted by atomic mass is 10.0. The molecule has 1 heteroatoms. The second-order valence-electron chi connectivity index (χ2n) is 3.24. The summed E-state index contributed by atoms with van der Waals surface area (Å²) < 4.78 is 0. The number of rotatable bonds is 6. The molecule has 0 radical (unpaired) electrons. The first-order chi connectivity index (χ1) is 5.70. The fraction of sp³-hybridized carbons (Fsp3) is 0.545. The first-order valence-electron chi connectivity index (χ1n) is 4.41. The summed E-state index contributed by atoms with van der Waals surface area (Å²) in [6.45, 7) is 12.2. The van der Waals surface area contributed by atoms with Gasteiger partial charge in [0.2, 0.25) is 0 Å². The smallest absolute Gasteiger partial charge is 0.0589 e. The van der Waals surface area contributed by atoms with E-state index in [1.807, 2.05) is 6.08 Å². The van der Waals surface area contributed by atoms with Gasteiger partial charge in [-0.1, -0.05) is 24.6 Å². The number of hydrogen-bond donors (Lipinski definition) is 0. The summed E-state index contributed by atoms with van der Waals surface area (Å²) in [7, 11) is 0. The Hall–Kier alpha value is -0.850. The van der Waals surface area contributed by atoms with Crippen LogP contribution in [0.4, 0.5) is 0 Å². The summed E-state index contributed by atoms with van der Waals surface area (Å²) in [4.78, 5) is 3.83. The topological polar surface area (TPSA) is 12.4 Å². The fourth-order valence-electron chi connectivity index (χ4n) is 1.18. The lowest BCUT2D eigenvalue weighted by molar-refractivity contribution is 0.652. The predicted octanol–water partition coefficient (Wildman–Crippen LogP) is 3.24. The molecule has 12 heavy (non-hydrogen) atoms. The molecule has 0 saturated carbocycles. The third-order valence-corrected chi connectivity index (χ3v) is 1.76. The lowest BCUT2D eigenvalue weighted by Gasteiger charge is -2.04. The maximum absolute atomic E-state index is 3.83. The van der Waals surface area contributed by atoms with E-state index in [-0.39, 0.29) is 0 Å². The highest BCUT2D eigenvalue weighted by Gasteiger charge is 1.96. The van der Waals surface area contributed by atoms with Crippen LogP contribution in [0.5, 0.6) is 0 Å². The van der Waals surface area contributed by atoms with Crippen LogP contribution >= 0.6 is 0 Å². The van der Waals surface area contributed by atoms with Gasteiger partial charge in [-0.05, 0) is 32.4 Å². The van der Waals surface area contributed by atoms with Crippen molar-refractivity contribution in [2.45, 2.75) is 26.7 Å².